The number of hydrogen-bond acceptors (Lipinski definition) is 9. The third kappa shape index (κ3) is 6.34. The lowest BCUT2D eigenvalue weighted by atomic mass is 10.1. The Hall–Kier alpha value is -4.35. The number of nitrogens with zero attached hydrogens (tertiary/aromatic N) is 3. The summed E-state index contributed by atoms with van der Waals surface area (Å²) < 4.78 is 0. The van der Waals surface area contributed by atoms with Gasteiger partial charge in [0.25, 0.3) is 11.5 Å². The van der Waals surface area contributed by atoms with Gasteiger partial charge in [0.1, 0.15) is 11.8 Å². The number of carboxylic acids is 1. The molecule has 12 nitrogen and oxygen atoms in total. The molecule has 0 radical (unpaired) electrons. The molecule has 12 heteroatoms. The first-order valence-electron chi connectivity index (χ1n) is 10.7. The number of amides is 1. The van der Waals surface area contributed by atoms with Crippen LogP contribution >= 0.6 is 0 Å². The molecule has 3 rings (SSSR count). The summed E-state index contributed by atoms with van der Waals surface area (Å²) in [6.07, 6.45) is 2.70. The number of aliphatic carboxylic acids is 1. The van der Waals surface area contributed by atoms with Gasteiger partial charge in [0.15, 0.2) is 11.2 Å². The van der Waals surface area contributed by atoms with E-state index in [2.05, 4.69) is 30.6 Å². The molecule has 0 aliphatic carbocycles. The number of aromatic amines is 1. The summed E-state index contributed by atoms with van der Waals surface area (Å²) in [6, 6.07) is 5.24. The van der Waals surface area contributed by atoms with E-state index in [1.807, 2.05) is 6.92 Å². The average Bonchev–Trinajstić information content (AvgIpc) is 2.80. The molecule has 34 heavy (non-hydrogen) atoms. The first-order valence-corrected chi connectivity index (χ1v) is 10.7. The Morgan fingerprint density at radius 3 is 2.56 bits per heavy atom. The number of benzene rings is 1. The van der Waals surface area contributed by atoms with Crippen molar-refractivity contribution >= 4 is 40.5 Å². The van der Waals surface area contributed by atoms with Crippen LogP contribution in [0, 0.1) is 0 Å². The maximum absolute atomic E-state index is 12.5. The number of ketones is 1. The molecular weight excluding hydrogens is 442 g/mol. The lowest BCUT2D eigenvalue weighted by Crippen LogP contribution is -2.41. The number of carbonyl (C=O) groups is 3. The van der Waals surface area contributed by atoms with Crippen LogP contribution in [-0.2, 0) is 16.1 Å². The van der Waals surface area contributed by atoms with Crippen molar-refractivity contribution in [2.24, 2.45) is 0 Å². The van der Waals surface area contributed by atoms with Crippen LogP contribution < -0.4 is 21.9 Å². The molecule has 1 aromatic carbocycles. The SMILES string of the molecule is CCCC(=O)CC[C@H](NC(=O)c1ccc(NCc2cnc3nc(N)[nH]c(=O)c3n2)cc1)C(=O)O. The van der Waals surface area contributed by atoms with Crippen LogP contribution in [0.15, 0.2) is 35.3 Å². The third-order valence-electron chi connectivity index (χ3n) is 4.95. The quantitative estimate of drug-likeness (QED) is 0.274. The van der Waals surface area contributed by atoms with Crippen LogP contribution in [0.1, 0.15) is 48.7 Å². The fraction of sp³-hybridized carbons (Fsp3) is 0.318. The number of carboxylic acid groups (broad SMARTS) is 1. The van der Waals surface area contributed by atoms with E-state index in [4.69, 9.17) is 5.73 Å². The Kier molecular flexibility index (Phi) is 7.85. The van der Waals surface area contributed by atoms with Gasteiger partial charge in [-0.25, -0.2) is 14.8 Å². The number of nitrogens with two attached hydrogens (primary N) is 1. The zero-order chi connectivity index (χ0) is 24.7. The number of rotatable bonds is 11. The van der Waals surface area contributed by atoms with E-state index in [-0.39, 0.29) is 47.8 Å². The van der Waals surface area contributed by atoms with Gasteiger partial charge in [-0.15, -0.1) is 0 Å². The van der Waals surface area contributed by atoms with Crippen molar-refractivity contribution in [1.29, 1.82) is 0 Å². The van der Waals surface area contributed by atoms with Crippen molar-refractivity contribution in [2.45, 2.75) is 45.2 Å². The molecule has 0 bridgehead atoms. The van der Waals surface area contributed by atoms with E-state index in [9.17, 15) is 24.3 Å². The number of H-pyrrole nitrogens is 1. The number of fused-ring (bicyclic) bond motifs is 1. The molecule has 0 fully saturated rings. The van der Waals surface area contributed by atoms with Crippen LogP contribution in [0.4, 0.5) is 11.6 Å². The molecule has 0 unspecified atom stereocenters. The summed E-state index contributed by atoms with van der Waals surface area (Å²) in [5.74, 6) is -1.81. The Labute approximate surface area is 194 Å². The van der Waals surface area contributed by atoms with Gasteiger partial charge in [0.05, 0.1) is 18.4 Å². The predicted molar refractivity (Wildman–Crippen MR) is 124 cm³/mol. The maximum Gasteiger partial charge on any atom is 0.326 e. The van der Waals surface area contributed by atoms with Gasteiger partial charge in [-0.05, 0) is 37.1 Å². The molecule has 0 spiro atoms. The molecule has 1 atom stereocenters. The number of anilines is 2. The van der Waals surface area contributed by atoms with Crippen LogP contribution in [-0.4, -0.2) is 48.7 Å². The molecule has 178 valence electrons. The fourth-order valence-electron chi connectivity index (χ4n) is 3.20. The number of nitrogen functional groups attached to an aromatic ring is 1. The largest absolute Gasteiger partial charge is 0.480 e. The highest BCUT2D eigenvalue weighted by atomic mass is 16.4. The summed E-state index contributed by atoms with van der Waals surface area (Å²) in [5.41, 5.74) is 6.67. The van der Waals surface area contributed by atoms with Crippen LogP contribution in [0.2, 0.25) is 0 Å². The maximum atomic E-state index is 12.5. The van der Waals surface area contributed by atoms with Gasteiger partial charge >= 0.3 is 5.97 Å². The van der Waals surface area contributed by atoms with E-state index >= 15 is 0 Å². The molecule has 0 saturated carbocycles. The van der Waals surface area contributed by atoms with Crippen molar-refractivity contribution in [1.82, 2.24) is 25.3 Å². The highest BCUT2D eigenvalue weighted by molar-refractivity contribution is 5.97. The zero-order valence-electron chi connectivity index (χ0n) is 18.5. The highest BCUT2D eigenvalue weighted by Crippen LogP contribution is 2.12. The number of Topliss-reactive ketones (excluding diaryl/α,β-unsaturated/α-hetero) is 1. The molecule has 0 saturated heterocycles. The second-order valence-corrected chi connectivity index (χ2v) is 7.61. The monoisotopic (exact) mass is 467 g/mol. The number of carbonyl (C=O) groups excluding carboxylic acids is 2. The molecule has 3 aromatic rings. The van der Waals surface area contributed by atoms with E-state index in [0.717, 1.165) is 0 Å². The number of nitrogens with one attached hydrogen (secondary N) is 3. The molecule has 2 heterocycles. The van der Waals surface area contributed by atoms with Crippen molar-refractivity contribution < 1.29 is 19.5 Å². The molecular formula is C22H25N7O5. The minimum atomic E-state index is -1.19. The predicted octanol–water partition coefficient (Wildman–Crippen LogP) is 1.24. The van der Waals surface area contributed by atoms with E-state index < -0.39 is 23.5 Å². The standard InChI is InChI=1S/C22H25N7O5/c1-2-3-15(30)8-9-16(21(33)34)27-19(31)12-4-6-13(7-5-12)24-10-14-11-25-18-17(26-14)20(32)29-22(23)28-18/h4-7,11,16,24H,2-3,8-10H2,1H3,(H,27,31)(H,33,34)(H3,23,25,28,29,32)/t16-/m0/s1. The van der Waals surface area contributed by atoms with Gasteiger partial charge in [-0.2, -0.15) is 4.98 Å². The first kappa shape index (κ1) is 24.3. The minimum absolute atomic E-state index is 0.0282. The Morgan fingerprint density at radius 2 is 1.88 bits per heavy atom. The van der Waals surface area contributed by atoms with E-state index in [1.54, 1.807) is 24.3 Å². The Balaban J connectivity index is 1.59. The van der Waals surface area contributed by atoms with Gasteiger partial charge in [-0.1, -0.05) is 6.92 Å². The number of aromatic nitrogens is 4. The summed E-state index contributed by atoms with van der Waals surface area (Å²) in [7, 11) is 0. The van der Waals surface area contributed by atoms with Gasteiger partial charge < -0.3 is 21.5 Å². The summed E-state index contributed by atoms with van der Waals surface area (Å²) in [4.78, 5) is 62.2. The smallest absolute Gasteiger partial charge is 0.326 e. The molecule has 2 aromatic heterocycles. The average molecular weight is 467 g/mol. The Bertz CT molecular complexity index is 1260. The van der Waals surface area contributed by atoms with E-state index in [1.165, 1.54) is 6.20 Å². The third-order valence-corrected chi connectivity index (χ3v) is 4.95. The van der Waals surface area contributed by atoms with Crippen LogP contribution in [0.5, 0.6) is 0 Å². The lowest BCUT2D eigenvalue weighted by molar-refractivity contribution is -0.139. The van der Waals surface area contributed by atoms with Crippen LogP contribution in [0.3, 0.4) is 0 Å². The summed E-state index contributed by atoms with van der Waals surface area (Å²) >= 11 is 0. The van der Waals surface area contributed by atoms with Gasteiger partial charge in [0, 0.05) is 24.1 Å². The summed E-state index contributed by atoms with van der Waals surface area (Å²) in [5, 5.41) is 14.9. The molecule has 0 aliphatic rings. The zero-order valence-corrected chi connectivity index (χ0v) is 18.5. The lowest BCUT2D eigenvalue weighted by Gasteiger charge is -2.14. The van der Waals surface area contributed by atoms with Gasteiger partial charge in [-0.3, -0.25) is 19.4 Å². The van der Waals surface area contributed by atoms with E-state index in [0.29, 0.717) is 24.2 Å². The van der Waals surface area contributed by atoms with Crippen molar-refractivity contribution in [3.63, 3.8) is 0 Å². The molecule has 6 N–H and O–H groups in total. The highest BCUT2D eigenvalue weighted by Gasteiger charge is 2.21. The van der Waals surface area contributed by atoms with Crippen molar-refractivity contribution in [3.05, 3.63) is 52.1 Å². The minimum Gasteiger partial charge on any atom is -0.480 e. The molecule has 0 aliphatic heterocycles. The summed E-state index contributed by atoms with van der Waals surface area (Å²) in [6.45, 7) is 2.13. The van der Waals surface area contributed by atoms with Gasteiger partial charge in [0.2, 0.25) is 5.95 Å². The number of hydrogen-bond donors (Lipinski definition) is 5. The fourth-order valence-corrected chi connectivity index (χ4v) is 3.20. The van der Waals surface area contributed by atoms with Crippen molar-refractivity contribution in [3.8, 4) is 0 Å². The normalized spacial score (nSPS) is 11.7. The topological polar surface area (TPSA) is 193 Å². The van der Waals surface area contributed by atoms with Crippen molar-refractivity contribution in [2.75, 3.05) is 11.1 Å². The first-order chi connectivity index (χ1) is 16.3. The second kappa shape index (κ2) is 11.0. The van der Waals surface area contributed by atoms with Crippen LogP contribution in [0.25, 0.3) is 11.2 Å². The second-order valence-electron chi connectivity index (χ2n) is 7.61. The Morgan fingerprint density at radius 1 is 1.15 bits per heavy atom. The molecule has 1 amide bonds.